The fraction of sp³-hybridized carbons (Fsp3) is 0.389. The van der Waals surface area contributed by atoms with Crippen LogP contribution in [0, 0.1) is 6.92 Å². The summed E-state index contributed by atoms with van der Waals surface area (Å²) in [5.41, 5.74) is 5.33. The lowest BCUT2D eigenvalue weighted by atomic mass is 9.85. The molecule has 0 amide bonds. The molecule has 0 saturated carbocycles. The Morgan fingerprint density at radius 3 is 2.20 bits per heavy atom. The van der Waals surface area contributed by atoms with Crippen molar-refractivity contribution in [2.75, 3.05) is 7.05 Å². The van der Waals surface area contributed by atoms with Crippen molar-refractivity contribution in [1.29, 1.82) is 0 Å². The van der Waals surface area contributed by atoms with Crippen molar-refractivity contribution in [2.24, 2.45) is 0 Å². The highest BCUT2D eigenvalue weighted by atomic mass is 14.9. The highest BCUT2D eigenvalue weighted by Gasteiger charge is 2.17. The van der Waals surface area contributed by atoms with Gasteiger partial charge < -0.3 is 5.32 Å². The lowest BCUT2D eigenvalue weighted by Crippen LogP contribution is -2.19. The molecule has 1 unspecified atom stereocenters. The van der Waals surface area contributed by atoms with Crippen LogP contribution in [-0.4, -0.2) is 12.0 Å². The van der Waals surface area contributed by atoms with Crippen LogP contribution in [0.15, 0.2) is 42.7 Å². The van der Waals surface area contributed by atoms with Gasteiger partial charge in [0.05, 0.1) is 6.04 Å². The largest absolute Gasteiger partial charge is 0.309 e. The maximum absolute atomic E-state index is 4.26. The van der Waals surface area contributed by atoms with E-state index in [2.05, 4.69) is 68.3 Å². The average Bonchev–Trinajstić information content (AvgIpc) is 2.41. The smallest absolute Gasteiger partial charge is 0.0592 e. The number of rotatable bonds is 3. The Balaban J connectivity index is 2.36. The first-order chi connectivity index (χ1) is 9.43. The molecule has 2 aromatic rings. The molecule has 0 aliphatic carbocycles. The minimum Gasteiger partial charge on any atom is -0.309 e. The summed E-state index contributed by atoms with van der Waals surface area (Å²) >= 11 is 0. The number of aromatic nitrogens is 1. The van der Waals surface area contributed by atoms with Crippen LogP contribution in [0.3, 0.4) is 0 Å². The first-order valence-electron chi connectivity index (χ1n) is 7.11. The van der Waals surface area contributed by atoms with Crippen LogP contribution in [0.4, 0.5) is 0 Å². The van der Waals surface area contributed by atoms with E-state index in [0.29, 0.717) is 0 Å². The second-order valence-electron chi connectivity index (χ2n) is 6.33. The monoisotopic (exact) mass is 268 g/mol. The molecule has 106 valence electrons. The Morgan fingerprint density at radius 1 is 1.05 bits per heavy atom. The van der Waals surface area contributed by atoms with Crippen LogP contribution < -0.4 is 5.32 Å². The molecule has 2 rings (SSSR count). The molecule has 1 aromatic heterocycles. The molecule has 2 heteroatoms. The second kappa shape index (κ2) is 5.76. The lowest BCUT2D eigenvalue weighted by Gasteiger charge is -2.22. The molecule has 0 spiro atoms. The molecule has 0 saturated heterocycles. The highest BCUT2D eigenvalue weighted by molar-refractivity contribution is 5.37. The zero-order chi connectivity index (χ0) is 14.8. The van der Waals surface area contributed by atoms with Gasteiger partial charge in [0, 0.05) is 12.4 Å². The predicted molar refractivity (Wildman–Crippen MR) is 85.0 cm³/mol. The maximum Gasteiger partial charge on any atom is 0.0592 e. The Labute approximate surface area is 122 Å². The van der Waals surface area contributed by atoms with E-state index < -0.39 is 0 Å². The molecule has 0 fully saturated rings. The minimum absolute atomic E-state index is 0.192. The van der Waals surface area contributed by atoms with Crippen molar-refractivity contribution in [2.45, 2.75) is 39.2 Å². The van der Waals surface area contributed by atoms with Gasteiger partial charge in [-0.3, -0.25) is 4.98 Å². The third-order valence-electron chi connectivity index (χ3n) is 3.79. The molecule has 1 heterocycles. The Bertz CT molecular complexity index is 565. The molecule has 0 aliphatic rings. The molecule has 2 nitrogen and oxygen atoms in total. The zero-order valence-electron chi connectivity index (χ0n) is 13.1. The van der Waals surface area contributed by atoms with Crippen LogP contribution in [0.25, 0.3) is 0 Å². The minimum atomic E-state index is 0.192. The van der Waals surface area contributed by atoms with Crippen LogP contribution in [0.1, 0.15) is 49.1 Å². The number of hydrogen-bond donors (Lipinski definition) is 1. The van der Waals surface area contributed by atoms with E-state index in [4.69, 9.17) is 0 Å². The zero-order valence-corrected chi connectivity index (χ0v) is 13.1. The normalized spacial score (nSPS) is 13.2. The van der Waals surface area contributed by atoms with Gasteiger partial charge in [-0.05, 0) is 47.7 Å². The molecular formula is C18H24N2. The summed E-state index contributed by atoms with van der Waals surface area (Å²) in [5, 5.41) is 3.39. The molecule has 20 heavy (non-hydrogen) atoms. The number of pyridine rings is 1. The number of nitrogens with zero attached hydrogens (tertiary/aromatic N) is 1. The van der Waals surface area contributed by atoms with Gasteiger partial charge in [-0.15, -0.1) is 0 Å². The number of benzene rings is 1. The predicted octanol–water partition coefficient (Wildman–Crippen LogP) is 4.00. The van der Waals surface area contributed by atoms with Gasteiger partial charge in [-0.1, -0.05) is 45.0 Å². The van der Waals surface area contributed by atoms with Gasteiger partial charge in [0.15, 0.2) is 0 Å². The highest BCUT2D eigenvalue weighted by Crippen LogP contribution is 2.27. The Hall–Kier alpha value is -1.67. The number of hydrogen-bond acceptors (Lipinski definition) is 2. The molecule has 1 atom stereocenters. The third kappa shape index (κ3) is 3.07. The lowest BCUT2D eigenvalue weighted by molar-refractivity contribution is 0.589. The topological polar surface area (TPSA) is 24.9 Å². The van der Waals surface area contributed by atoms with Crippen LogP contribution in [-0.2, 0) is 5.41 Å². The van der Waals surface area contributed by atoms with Gasteiger partial charge >= 0.3 is 0 Å². The summed E-state index contributed by atoms with van der Waals surface area (Å²) in [7, 11) is 1.99. The molecule has 1 aromatic carbocycles. The first kappa shape index (κ1) is 14.7. The number of aryl methyl sites for hydroxylation is 1. The Kier molecular flexibility index (Phi) is 4.24. The van der Waals surface area contributed by atoms with Crippen LogP contribution >= 0.6 is 0 Å². The second-order valence-corrected chi connectivity index (χ2v) is 6.33. The van der Waals surface area contributed by atoms with E-state index in [-0.39, 0.29) is 11.5 Å². The van der Waals surface area contributed by atoms with E-state index in [1.807, 2.05) is 19.4 Å². The van der Waals surface area contributed by atoms with Gasteiger partial charge in [0.1, 0.15) is 0 Å². The fourth-order valence-electron chi connectivity index (χ4n) is 2.46. The van der Waals surface area contributed by atoms with Crippen LogP contribution in [0.2, 0.25) is 0 Å². The van der Waals surface area contributed by atoms with E-state index in [1.165, 1.54) is 22.3 Å². The van der Waals surface area contributed by atoms with Gasteiger partial charge in [0.2, 0.25) is 0 Å². The van der Waals surface area contributed by atoms with Crippen LogP contribution in [0.5, 0.6) is 0 Å². The fourth-order valence-corrected chi connectivity index (χ4v) is 2.46. The van der Waals surface area contributed by atoms with Gasteiger partial charge in [0.25, 0.3) is 0 Å². The summed E-state index contributed by atoms with van der Waals surface area (Å²) < 4.78 is 0. The quantitative estimate of drug-likeness (QED) is 0.910. The van der Waals surface area contributed by atoms with Crippen molar-refractivity contribution < 1.29 is 0 Å². The summed E-state index contributed by atoms with van der Waals surface area (Å²) in [6.07, 6.45) is 3.79. The van der Waals surface area contributed by atoms with Gasteiger partial charge in [-0.25, -0.2) is 0 Å². The molecular weight excluding hydrogens is 244 g/mol. The van der Waals surface area contributed by atoms with Crippen molar-refractivity contribution in [3.05, 3.63) is 65.0 Å². The van der Waals surface area contributed by atoms with E-state index in [9.17, 15) is 0 Å². The van der Waals surface area contributed by atoms with Crippen molar-refractivity contribution in [3.8, 4) is 0 Å². The van der Waals surface area contributed by atoms with Crippen molar-refractivity contribution in [1.82, 2.24) is 10.3 Å². The third-order valence-corrected chi connectivity index (χ3v) is 3.79. The molecule has 0 bridgehead atoms. The SMILES string of the molecule is CNC(c1ccc(C(C)(C)C)cc1)c1cnccc1C. The average molecular weight is 268 g/mol. The summed E-state index contributed by atoms with van der Waals surface area (Å²) in [6.45, 7) is 8.85. The standard InChI is InChI=1S/C18H24N2/c1-13-10-11-20-12-16(13)17(19-5)14-6-8-15(9-7-14)18(2,3)4/h6-12,17,19H,1-5H3. The maximum atomic E-state index is 4.26. The van der Waals surface area contributed by atoms with Crippen molar-refractivity contribution in [3.63, 3.8) is 0 Å². The van der Waals surface area contributed by atoms with Gasteiger partial charge in [-0.2, -0.15) is 0 Å². The Morgan fingerprint density at radius 2 is 1.70 bits per heavy atom. The summed E-state index contributed by atoms with van der Waals surface area (Å²) in [5.74, 6) is 0. The summed E-state index contributed by atoms with van der Waals surface area (Å²) in [6, 6.07) is 11.1. The van der Waals surface area contributed by atoms with E-state index in [0.717, 1.165) is 0 Å². The number of nitrogens with one attached hydrogen (secondary N) is 1. The first-order valence-corrected chi connectivity index (χ1v) is 7.11. The van der Waals surface area contributed by atoms with Crippen molar-refractivity contribution >= 4 is 0 Å². The summed E-state index contributed by atoms with van der Waals surface area (Å²) in [4.78, 5) is 4.26. The molecule has 0 radical (unpaired) electrons. The van der Waals surface area contributed by atoms with E-state index in [1.54, 1.807) is 0 Å². The molecule has 0 aliphatic heterocycles. The molecule has 1 N–H and O–H groups in total. The van der Waals surface area contributed by atoms with E-state index >= 15 is 0 Å².